The van der Waals surface area contributed by atoms with Crippen LogP contribution in [0.2, 0.25) is 0 Å². The molecule has 0 saturated heterocycles. The number of benzene rings is 1. The SMILES string of the molecule is CC(=O)Nc1ccc(S(=O)(=O)c2cc(Br)c(S(N)(=O)=O)s2)cc1. The maximum absolute atomic E-state index is 12.5. The number of carbonyl (C=O) groups excluding carboxylic acids is 1. The lowest BCUT2D eigenvalue weighted by Crippen LogP contribution is -2.10. The van der Waals surface area contributed by atoms with Crippen LogP contribution in [0.5, 0.6) is 0 Å². The van der Waals surface area contributed by atoms with Gasteiger partial charge in [0, 0.05) is 17.1 Å². The average molecular weight is 439 g/mol. The largest absolute Gasteiger partial charge is 0.326 e. The van der Waals surface area contributed by atoms with Gasteiger partial charge in [-0.1, -0.05) is 0 Å². The Balaban J connectivity index is 2.45. The molecule has 124 valence electrons. The minimum absolute atomic E-state index is 0.0266. The zero-order valence-corrected chi connectivity index (χ0v) is 15.6. The van der Waals surface area contributed by atoms with Crippen LogP contribution in [0.4, 0.5) is 5.69 Å². The van der Waals surface area contributed by atoms with E-state index >= 15 is 0 Å². The Hall–Kier alpha value is -1.27. The Kier molecular flexibility index (Phi) is 4.97. The van der Waals surface area contributed by atoms with E-state index < -0.39 is 19.9 Å². The molecule has 3 N–H and O–H groups in total. The monoisotopic (exact) mass is 438 g/mol. The molecule has 0 unspecified atom stereocenters. The minimum atomic E-state index is -4.02. The highest BCUT2D eigenvalue weighted by Crippen LogP contribution is 2.36. The molecule has 0 radical (unpaired) electrons. The third-order valence-corrected chi connectivity index (χ3v) is 8.65. The maximum Gasteiger partial charge on any atom is 0.248 e. The van der Waals surface area contributed by atoms with Crippen molar-refractivity contribution in [3.63, 3.8) is 0 Å². The number of hydrogen-bond donors (Lipinski definition) is 2. The topological polar surface area (TPSA) is 123 Å². The van der Waals surface area contributed by atoms with E-state index in [2.05, 4.69) is 21.2 Å². The van der Waals surface area contributed by atoms with Crippen LogP contribution in [-0.4, -0.2) is 22.7 Å². The Morgan fingerprint density at radius 2 is 1.74 bits per heavy atom. The van der Waals surface area contributed by atoms with E-state index in [1.165, 1.54) is 37.3 Å². The van der Waals surface area contributed by atoms with E-state index in [0.717, 1.165) is 0 Å². The molecule has 1 aromatic heterocycles. The number of hydrogen-bond acceptors (Lipinski definition) is 6. The molecule has 1 heterocycles. The molecule has 0 aliphatic heterocycles. The second-order valence-electron chi connectivity index (χ2n) is 4.45. The van der Waals surface area contributed by atoms with Crippen molar-refractivity contribution >= 4 is 58.7 Å². The summed E-state index contributed by atoms with van der Waals surface area (Å²) in [5, 5.41) is 7.56. The predicted octanol–water partition coefficient (Wildman–Crippen LogP) is 1.95. The summed E-state index contributed by atoms with van der Waals surface area (Å²) < 4.78 is 47.5. The smallest absolute Gasteiger partial charge is 0.248 e. The first-order valence-electron chi connectivity index (χ1n) is 5.96. The molecule has 0 aliphatic carbocycles. The Morgan fingerprint density at radius 3 is 2.17 bits per heavy atom. The number of nitrogens with one attached hydrogen (secondary N) is 1. The zero-order valence-electron chi connectivity index (χ0n) is 11.6. The van der Waals surface area contributed by atoms with Crippen molar-refractivity contribution in [1.82, 2.24) is 0 Å². The van der Waals surface area contributed by atoms with Crippen LogP contribution in [0.3, 0.4) is 0 Å². The molecule has 2 aromatic rings. The summed E-state index contributed by atoms with van der Waals surface area (Å²) in [6.07, 6.45) is 0. The van der Waals surface area contributed by atoms with Gasteiger partial charge in [0.15, 0.2) is 0 Å². The number of carbonyl (C=O) groups is 1. The van der Waals surface area contributed by atoms with Gasteiger partial charge < -0.3 is 5.32 Å². The Labute approximate surface area is 145 Å². The van der Waals surface area contributed by atoms with Gasteiger partial charge in [-0.3, -0.25) is 4.79 Å². The Morgan fingerprint density at radius 1 is 1.17 bits per heavy atom. The molecule has 1 amide bonds. The van der Waals surface area contributed by atoms with Crippen LogP contribution in [0.15, 0.2) is 48.1 Å². The minimum Gasteiger partial charge on any atom is -0.326 e. The maximum atomic E-state index is 12.5. The van der Waals surface area contributed by atoms with Crippen molar-refractivity contribution in [3.05, 3.63) is 34.8 Å². The standard InChI is InChI=1S/C12H11BrN2O5S3/c1-7(16)15-8-2-4-9(5-3-8)22(17,18)11-6-10(13)12(21-11)23(14,19)20/h2-6H,1H3,(H,15,16)(H2,14,19,20). The molecule has 0 aliphatic rings. The molecule has 23 heavy (non-hydrogen) atoms. The number of nitrogens with two attached hydrogens (primary N) is 1. The van der Waals surface area contributed by atoms with E-state index in [4.69, 9.17) is 5.14 Å². The van der Waals surface area contributed by atoms with Crippen LogP contribution >= 0.6 is 27.3 Å². The van der Waals surface area contributed by atoms with Crippen molar-refractivity contribution in [2.45, 2.75) is 20.2 Å². The highest BCUT2D eigenvalue weighted by atomic mass is 79.9. The van der Waals surface area contributed by atoms with Gasteiger partial charge in [-0.15, -0.1) is 11.3 Å². The lowest BCUT2D eigenvalue weighted by Gasteiger charge is -2.04. The number of amides is 1. The number of sulfonamides is 1. The number of rotatable bonds is 4. The van der Waals surface area contributed by atoms with E-state index in [9.17, 15) is 21.6 Å². The summed E-state index contributed by atoms with van der Waals surface area (Å²) in [6.45, 7) is 1.34. The van der Waals surface area contributed by atoms with E-state index in [0.29, 0.717) is 17.0 Å². The van der Waals surface area contributed by atoms with Gasteiger partial charge in [0.1, 0.15) is 8.42 Å². The molecule has 0 bridgehead atoms. The third-order valence-electron chi connectivity index (χ3n) is 2.64. The molecule has 7 nitrogen and oxygen atoms in total. The molecule has 2 rings (SSSR count). The summed E-state index contributed by atoms with van der Waals surface area (Å²) in [7, 11) is -7.91. The number of primary sulfonamides is 1. The Bertz CT molecular complexity index is 963. The van der Waals surface area contributed by atoms with E-state index in [1.807, 2.05) is 0 Å². The molecule has 1 aromatic carbocycles. The number of anilines is 1. The van der Waals surface area contributed by atoms with E-state index in [1.54, 1.807) is 0 Å². The quantitative estimate of drug-likeness (QED) is 0.754. The highest BCUT2D eigenvalue weighted by Gasteiger charge is 2.25. The fourth-order valence-corrected chi connectivity index (χ4v) is 6.86. The van der Waals surface area contributed by atoms with Crippen LogP contribution in [-0.2, 0) is 24.7 Å². The van der Waals surface area contributed by atoms with Crippen molar-refractivity contribution < 1.29 is 21.6 Å². The summed E-state index contributed by atoms with van der Waals surface area (Å²) in [5.74, 6) is -0.277. The van der Waals surface area contributed by atoms with E-state index in [-0.39, 0.29) is 23.7 Å². The zero-order chi connectivity index (χ0) is 17.4. The summed E-state index contributed by atoms with van der Waals surface area (Å²) in [5.41, 5.74) is 0.453. The first kappa shape index (κ1) is 18.1. The molecule has 0 atom stereocenters. The second-order valence-corrected chi connectivity index (χ2v) is 10.3. The molecular weight excluding hydrogens is 428 g/mol. The number of sulfone groups is 1. The first-order valence-corrected chi connectivity index (χ1v) is 10.6. The van der Waals surface area contributed by atoms with Gasteiger partial charge in [0.2, 0.25) is 25.8 Å². The van der Waals surface area contributed by atoms with Gasteiger partial charge in [-0.25, -0.2) is 22.0 Å². The van der Waals surface area contributed by atoms with Crippen LogP contribution in [0.1, 0.15) is 6.92 Å². The van der Waals surface area contributed by atoms with Gasteiger partial charge in [0.25, 0.3) is 0 Å². The van der Waals surface area contributed by atoms with Crippen LogP contribution in [0, 0.1) is 0 Å². The molecule has 0 spiro atoms. The van der Waals surface area contributed by atoms with Crippen molar-refractivity contribution in [3.8, 4) is 0 Å². The lowest BCUT2D eigenvalue weighted by molar-refractivity contribution is -0.114. The first-order chi connectivity index (χ1) is 10.5. The third kappa shape index (κ3) is 3.98. The van der Waals surface area contributed by atoms with Crippen molar-refractivity contribution in [1.29, 1.82) is 0 Å². The number of thiophene rings is 1. The molecule has 0 fully saturated rings. The number of halogens is 1. The van der Waals surface area contributed by atoms with Crippen LogP contribution < -0.4 is 10.5 Å². The summed E-state index contributed by atoms with van der Waals surface area (Å²) in [6, 6.07) is 6.73. The van der Waals surface area contributed by atoms with Gasteiger partial charge in [-0.2, -0.15) is 0 Å². The van der Waals surface area contributed by atoms with Crippen molar-refractivity contribution in [2.75, 3.05) is 5.32 Å². The fraction of sp³-hybridized carbons (Fsp3) is 0.0833. The van der Waals surface area contributed by atoms with Gasteiger partial charge in [0.05, 0.1) is 4.90 Å². The molecular formula is C12H11BrN2O5S3. The summed E-state index contributed by atoms with van der Waals surface area (Å²) >= 11 is 3.56. The molecule has 11 heteroatoms. The summed E-state index contributed by atoms with van der Waals surface area (Å²) in [4.78, 5) is 10.9. The van der Waals surface area contributed by atoms with Gasteiger partial charge in [-0.05, 0) is 46.3 Å². The fourth-order valence-electron chi connectivity index (χ4n) is 1.70. The average Bonchev–Trinajstić information content (AvgIpc) is 2.81. The second kappa shape index (κ2) is 6.32. The normalized spacial score (nSPS) is 12.1. The predicted molar refractivity (Wildman–Crippen MR) is 89.6 cm³/mol. The molecule has 0 saturated carbocycles. The van der Waals surface area contributed by atoms with Gasteiger partial charge >= 0.3 is 0 Å². The lowest BCUT2D eigenvalue weighted by atomic mass is 10.3. The highest BCUT2D eigenvalue weighted by molar-refractivity contribution is 9.10. The van der Waals surface area contributed by atoms with Crippen molar-refractivity contribution in [2.24, 2.45) is 5.14 Å². The van der Waals surface area contributed by atoms with Crippen LogP contribution in [0.25, 0.3) is 0 Å².